The number of hydrogen-bond acceptors (Lipinski definition) is 12. The number of aryl methyl sites for hydroxylation is 1. The summed E-state index contributed by atoms with van der Waals surface area (Å²) in [7, 11) is 0. The first-order valence-corrected chi connectivity index (χ1v) is 15.8. The average Bonchev–Trinajstić information content (AvgIpc) is 3.67. The average molecular weight is 658 g/mol. The normalized spacial score (nSPS) is 19.4. The van der Waals surface area contributed by atoms with Crippen molar-refractivity contribution < 1.29 is 37.1 Å². The van der Waals surface area contributed by atoms with Crippen LogP contribution in [0.5, 0.6) is 5.75 Å². The molecule has 1 amide bonds. The number of halogens is 2. The Labute approximate surface area is 272 Å². The number of carbonyl (C=O) groups excluding carboxylic acids is 2. The first-order valence-electron chi connectivity index (χ1n) is 15.8. The molecule has 2 aliphatic heterocycles. The van der Waals surface area contributed by atoms with Gasteiger partial charge in [-0.2, -0.15) is 4.98 Å². The van der Waals surface area contributed by atoms with E-state index in [0.29, 0.717) is 42.5 Å². The van der Waals surface area contributed by atoms with Gasteiger partial charge in [0, 0.05) is 38.2 Å². The molecule has 0 saturated carbocycles. The van der Waals surface area contributed by atoms with Gasteiger partial charge < -0.3 is 33.9 Å². The molecule has 47 heavy (non-hydrogen) atoms. The Kier molecular flexibility index (Phi) is 10.1. The van der Waals surface area contributed by atoms with Gasteiger partial charge in [-0.3, -0.25) is 0 Å². The fourth-order valence-electron chi connectivity index (χ4n) is 5.88. The predicted molar refractivity (Wildman–Crippen MR) is 167 cm³/mol. The molecule has 0 bridgehead atoms. The number of carbonyl (C=O) groups is 2. The van der Waals surface area contributed by atoms with Gasteiger partial charge in [0.2, 0.25) is 5.95 Å². The van der Waals surface area contributed by atoms with Crippen LogP contribution in [0.2, 0.25) is 0 Å². The van der Waals surface area contributed by atoms with Gasteiger partial charge in [0.1, 0.15) is 17.2 Å². The van der Waals surface area contributed by atoms with Crippen molar-refractivity contribution in [3.63, 3.8) is 0 Å². The van der Waals surface area contributed by atoms with E-state index < -0.39 is 41.3 Å². The summed E-state index contributed by atoms with van der Waals surface area (Å²) in [5.41, 5.74) is -0.108. The highest BCUT2D eigenvalue weighted by Crippen LogP contribution is 2.33. The van der Waals surface area contributed by atoms with Crippen LogP contribution in [0.4, 0.5) is 25.5 Å². The van der Waals surface area contributed by atoms with Crippen LogP contribution < -0.4 is 19.9 Å². The number of hydrogen-bond donors (Lipinski definition) is 1. The summed E-state index contributed by atoms with van der Waals surface area (Å²) in [6.45, 7) is 12.7. The summed E-state index contributed by atoms with van der Waals surface area (Å²) in [6, 6.07) is 2.10. The molecule has 0 aliphatic carbocycles. The van der Waals surface area contributed by atoms with E-state index >= 15 is 4.39 Å². The predicted octanol–water partition coefficient (Wildman–Crippen LogP) is 4.80. The van der Waals surface area contributed by atoms with Gasteiger partial charge in [0.15, 0.2) is 5.75 Å². The van der Waals surface area contributed by atoms with E-state index in [9.17, 15) is 14.0 Å². The van der Waals surface area contributed by atoms with Crippen LogP contribution >= 0.6 is 0 Å². The number of benzene rings is 1. The molecule has 4 heterocycles. The second-order valence-electron chi connectivity index (χ2n) is 12.9. The minimum Gasteiger partial charge on any atom is -0.487 e. The number of ether oxygens (including phenoxy) is 3. The lowest BCUT2D eigenvalue weighted by Crippen LogP contribution is -2.43. The monoisotopic (exact) mass is 657 g/mol. The van der Waals surface area contributed by atoms with Gasteiger partial charge >= 0.3 is 18.1 Å². The van der Waals surface area contributed by atoms with Gasteiger partial charge in [-0.1, -0.05) is 0 Å². The first kappa shape index (κ1) is 33.8. The topological polar surface area (TPSA) is 145 Å². The number of aromatic nitrogens is 4. The van der Waals surface area contributed by atoms with Crippen LogP contribution in [0.1, 0.15) is 75.1 Å². The number of amides is 1. The molecular formula is C32H41F2N7O6. The lowest BCUT2D eigenvalue weighted by Gasteiger charge is -2.33. The summed E-state index contributed by atoms with van der Waals surface area (Å²) in [5, 5.41) is 6.58. The number of anilines is 2. The van der Waals surface area contributed by atoms with Crippen LogP contribution in [-0.2, 0) is 9.47 Å². The summed E-state index contributed by atoms with van der Waals surface area (Å²) in [6.07, 6.45) is 4.03. The van der Waals surface area contributed by atoms with Gasteiger partial charge in [-0.15, -0.1) is 0 Å². The molecule has 0 radical (unpaired) electrons. The first-order chi connectivity index (χ1) is 22.3. The largest absolute Gasteiger partial charge is 0.487 e. The number of piperidine rings is 1. The Balaban J connectivity index is 1.20. The summed E-state index contributed by atoms with van der Waals surface area (Å²) in [5.74, 6) is -1.40. The molecule has 2 saturated heterocycles. The fraction of sp³-hybridized carbons (Fsp3) is 0.562. The zero-order chi connectivity index (χ0) is 33.9. The van der Waals surface area contributed by atoms with Crippen LogP contribution in [0, 0.1) is 24.5 Å². The highest BCUT2D eigenvalue weighted by molar-refractivity contribution is 5.85. The molecule has 2 aromatic heterocycles. The zero-order valence-electron chi connectivity index (χ0n) is 27.5. The van der Waals surface area contributed by atoms with E-state index in [1.165, 1.54) is 6.07 Å². The van der Waals surface area contributed by atoms with Gasteiger partial charge in [-0.05, 0) is 82.7 Å². The van der Waals surface area contributed by atoms with Crippen molar-refractivity contribution in [3.05, 3.63) is 53.1 Å². The Hall–Kier alpha value is -4.56. The van der Waals surface area contributed by atoms with Crippen LogP contribution in [0.3, 0.4) is 0 Å². The maximum atomic E-state index is 15.0. The molecule has 1 N–H and O–H groups in total. The molecule has 0 spiro atoms. The van der Waals surface area contributed by atoms with E-state index in [1.54, 1.807) is 47.0 Å². The quantitative estimate of drug-likeness (QED) is 0.316. The molecule has 15 heteroatoms. The molecule has 3 aromatic rings. The van der Waals surface area contributed by atoms with Crippen molar-refractivity contribution in [2.75, 3.05) is 42.6 Å². The highest BCUT2D eigenvalue weighted by atomic mass is 19.1. The Morgan fingerprint density at radius 3 is 2.45 bits per heavy atom. The summed E-state index contributed by atoms with van der Waals surface area (Å²) < 4.78 is 50.9. The third-order valence-electron chi connectivity index (χ3n) is 8.27. The second-order valence-corrected chi connectivity index (χ2v) is 12.9. The van der Waals surface area contributed by atoms with Crippen molar-refractivity contribution in [2.45, 2.75) is 78.0 Å². The third-order valence-corrected chi connectivity index (χ3v) is 8.27. The van der Waals surface area contributed by atoms with Crippen molar-refractivity contribution >= 4 is 24.0 Å². The lowest BCUT2D eigenvalue weighted by molar-refractivity contribution is 0.0495. The van der Waals surface area contributed by atoms with E-state index in [2.05, 4.69) is 25.4 Å². The third kappa shape index (κ3) is 8.24. The Bertz CT molecular complexity index is 1560. The number of nitrogens with zero attached hydrogens (tertiary/aromatic N) is 6. The maximum absolute atomic E-state index is 15.0. The van der Waals surface area contributed by atoms with Crippen LogP contribution in [-0.4, -0.2) is 82.7 Å². The fourth-order valence-corrected chi connectivity index (χ4v) is 5.88. The molecular weight excluding hydrogens is 616 g/mol. The van der Waals surface area contributed by atoms with Crippen molar-refractivity contribution in [3.8, 4) is 5.75 Å². The van der Waals surface area contributed by atoms with Gasteiger partial charge in [0.25, 0.3) is 5.82 Å². The molecule has 1 aromatic carbocycles. The molecule has 3 atom stereocenters. The van der Waals surface area contributed by atoms with E-state index in [0.717, 1.165) is 18.9 Å². The highest BCUT2D eigenvalue weighted by Gasteiger charge is 2.39. The van der Waals surface area contributed by atoms with Crippen LogP contribution in [0.15, 0.2) is 29.0 Å². The summed E-state index contributed by atoms with van der Waals surface area (Å²) in [4.78, 5) is 41.5. The van der Waals surface area contributed by atoms with Gasteiger partial charge in [-0.25, -0.2) is 28.3 Å². The number of alkyl carbamates (subject to hydrolysis) is 1. The van der Waals surface area contributed by atoms with Crippen molar-refractivity contribution in [2.24, 2.45) is 5.92 Å². The minimum absolute atomic E-state index is 0.0962. The smallest absolute Gasteiger partial charge is 0.407 e. The van der Waals surface area contributed by atoms with Crippen molar-refractivity contribution in [1.82, 2.24) is 25.4 Å². The molecule has 254 valence electrons. The van der Waals surface area contributed by atoms with Gasteiger partial charge in [0.05, 0.1) is 31.1 Å². The Morgan fingerprint density at radius 1 is 1.09 bits per heavy atom. The number of esters is 1. The van der Waals surface area contributed by atoms with Crippen molar-refractivity contribution in [1.29, 1.82) is 0 Å². The lowest BCUT2D eigenvalue weighted by atomic mass is 9.92. The molecule has 5 rings (SSSR count). The SMILES string of the molecule is CCOC(=O)c1noc(N2CCC([C@H](C)Oc3cnc(N4C[C@H](NC(=O)OC(C)(C)C)[C@@H](c5cc(C)c(F)cc5F)C4)nc3)CC2)n1. The molecule has 2 fully saturated rings. The second kappa shape index (κ2) is 14.1. The maximum Gasteiger partial charge on any atom is 0.407 e. The number of nitrogens with one attached hydrogen (secondary N) is 1. The van der Waals surface area contributed by atoms with E-state index in [4.69, 9.17) is 18.7 Å². The molecule has 13 nitrogen and oxygen atoms in total. The summed E-state index contributed by atoms with van der Waals surface area (Å²) >= 11 is 0. The number of rotatable bonds is 9. The zero-order valence-corrected chi connectivity index (χ0v) is 27.5. The minimum atomic E-state index is -0.716. The molecule has 0 unspecified atom stereocenters. The van der Waals surface area contributed by atoms with Crippen LogP contribution in [0.25, 0.3) is 0 Å². The standard InChI is InChI=1S/C32H41F2N7O6/c1-7-44-28(42)27-38-30(47-39-27)40-10-8-20(9-11-40)19(3)45-21-14-35-29(36-15-21)41-16-23(22-12-18(2)24(33)13-25(22)34)26(17-41)37-31(43)46-32(4,5)6/h12-15,19-20,23,26H,7-11,16-17H2,1-6H3,(H,37,43)/t19-,23+,26-/m0/s1. The Morgan fingerprint density at radius 2 is 1.79 bits per heavy atom. The molecule has 2 aliphatic rings. The van der Waals surface area contributed by atoms with E-state index in [1.807, 2.05) is 16.7 Å². The van der Waals surface area contributed by atoms with E-state index in [-0.39, 0.29) is 37.0 Å².